The number of aliphatic hydroxyl groups excluding tert-OH is 1. The van der Waals surface area contributed by atoms with E-state index < -0.39 is 11.8 Å². The summed E-state index contributed by atoms with van der Waals surface area (Å²) in [6.07, 6.45) is 5.80. The molecule has 0 bridgehead atoms. The van der Waals surface area contributed by atoms with E-state index in [-0.39, 0.29) is 6.04 Å². The molecule has 2 saturated heterocycles. The monoisotopic (exact) mass is 451 g/mol. The van der Waals surface area contributed by atoms with Gasteiger partial charge in [0.25, 0.3) is 0 Å². The summed E-state index contributed by atoms with van der Waals surface area (Å²) in [6.45, 7) is 11.4. The molecule has 3 aliphatic rings. The van der Waals surface area contributed by atoms with Crippen molar-refractivity contribution in [3.05, 3.63) is 52.8 Å². The molecule has 1 aromatic carbocycles. The van der Waals surface area contributed by atoms with E-state index in [9.17, 15) is 10.2 Å². The molecule has 2 N–H and O–H groups in total. The zero-order valence-electron chi connectivity index (χ0n) is 20.5. The lowest BCUT2D eigenvalue weighted by atomic mass is 9.83. The fourth-order valence-electron chi connectivity index (χ4n) is 6.13. The summed E-state index contributed by atoms with van der Waals surface area (Å²) in [4.78, 5) is 4.55. The highest BCUT2D eigenvalue weighted by Gasteiger charge is 2.57. The molecule has 0 aliphatic carbocycles. The number of piperazine rings is 1. The summed E-state index contributed by atoms with van der Waals surface area (Å²) < 4.78 is 7.86. The number of hydrogen-bond acceptors (Lipinski definition) is 5. The number of benzene rings is 1. The van der Waals surface area contributed by atoms with Crippen LogP contribution in [-0.2, 0) is 6.54 Å². The van der Waals surface area contributed by atoms with Crippen molar-refractivity contribution >= 4 is 10.9 Å². The van der Waals surface area contributed by atoms with E-state index in [2.05, 4.69) is 60.3 Å². The minimum absolute atomic E-state index is 0.106. The third-order valence-electron chi connectivity index (χ3n) is 7.69. The molecule has 5 rings (SSSR count). The van der Waals surface area contributed by atoms with Crippen LogP contribution in [0.15, 0.2) is 41.5 Å². The molecule has 0 saturated carbocycles. The molecule has 4 atom stereocenters. The molecule has 178 valence electrons. The largest absolute Gasteiger partial charge is 0.497 e. The Kier molecular flexibility index (Phi) is 5.68. The van der Waals surface area contributed by atoms with E-state index in [0.717, 1.165) is 53.8 Å². The van der Waals surface area contributed by atoms with Gasteiger partial charge in [-0.25, -0.2) is 0 Å². The number of nitrogens with zero attached hydrogens (tertiary/aromatic N) is 3. The number of methoxy groups -OCH3 is 1. The molecule has 33 heavy (non-hydrogen) atoms. The van der Waals surface area contributed by atoms with Crippen molar-refractivity contribution in [2.75, 3.05) is 26.7 Å². The van der Waals surface area contributed by atoms with Crippen molar-refractivity contribution in [3.8, 4) is 5.75 Å². The van der Waals surface area contributed by atoms with Gasteiger partial charge in [0.2, 0.25) is 0 Å². The van der Waals surface area contributed by atoms with Crippen LogP contribution in [-0.4, -0.2) is 63.1 Å². The second kappa shape index (κ2) is 8.27. The Morgan fingerprint density at radius 3 is 2.70 bits per heavy atom. The van der Waals surface area contributed by atoms with Crippen molar-refractivity contribution < 1.29 is 14.9 Å². The summed E-state index contributed by atoms with van der Waals surface area (Å²) in [5, 5.41) is 24.9. The highest BCUT2D eigenvalue weighted by Crippen LogP contribution is 2.51. The fourth-order valence-corrected chi connectivity index (χ4v) is 6.13. The predicted molar refractivity (Wildman–Crippen MR) is 131 cm³/mol. The first-order valence-electron chi connectivity index (χ1n) is 12.1. The molecule has 1 aromatic heterocycles. The molecule has 0 unspecified atom stereocenters. The van der Waals surface area contributed by atoms with E-state index in [0.29, 0.717) is 19.1 Å². The number of aliphatic hydroxyl groups is 2. The average Bonchev–Trinajstić information content (AvgIpc) is 3.35. The Morgan fingerprint density at radius 2 is 2.00 bits per heavy atom. The second-order valence-electron chi connectivity index (χ2n) is 10.5. The highest BCUT2D eigenvalue weighted by atomic mass is 16.5. The molecular formula is C27H37N3O3. The topological polar surface area (TPSA) is 61.1 Å². The van der Waals surface area contributed by atoms with Crippen LogP contribution in [0.3, 0.4) is 0 Å². The quantitative estimate of drug-likeness (QED) is 0.685. The van der Waals surface area contributed by atoms with Crippen LogP contribution >= 0.6 is 0 Å². The third-order valence-corrected chi connectivity index (χ3v) is 7.69. The molecule has 0 spiro atoms. The first-order chi connectivity index (χ1) is 15.7. The minimum Gasteiger partial charge on any atom is -0.497 e. The Bertz CT molecular complexity index is 1130. The average molecular weight is 452 g/mol. The van der Waals surface area contributed by atoms with Gasteiger partial charge in [0.05, 0.1) is 18.7 Å². The maximum absolute atomic E-state index is 12.1. The van der Waals surface area contributed by atoms with Crippen LogP contribution in [0.1, 0.15) is 63.9 Å². The van der Waals surface area contributed by atoms with E-state index in [1.54, 1.807) is 7.11 Å². The van der Waals surface area contributed by atoms with E-state index >= 15 is 0 Å². The molecule has 3 aliphatic heterocycles. The van der Waals surface area contributed by atoms with Gasteiger partial charge < -0.3 is 19.5 Å². The van der Waals surface area contributed by atoms with Crippen LogP contribution in [0, 0.1) is 0 Å². The lowest BCUT2D eigenvalue weighted by molar-refractivity contribution is -0.235. The van der Waals surface area contributed by atoms with Crippen molar-refractivity contribution in [2.45, 2.75) is 71.0 Å². The molecule has 2 fully saturated rings. The van der Waals surface area contributed by atoms with Gasteiger partial charge in [0, 0.05) is 48.4 Å². The molecule has 6 nitrogen and oxygen atoms in total. The van der Waals surface area contributed by atoms with Crippen LogP contribution in [0.2, 0.25) is 0 Å². The predicted octanol–water partition coefficient (Wildman–Crippen LogP) is 4.14. The number of fused-ring (bicyclic) bond motifs is 5. The summed E-state index contributed by atoms with van der Waals surface area (Å²) in [5.41, 5.74) is 4.11. The zero-order valence-corrected chi connectivity index (χ0v) is 20.5. The maximum atomic E-state index is 12.1. The number of hydrogen-bond donors (Lipinski definition) is 2. The Morgan fingerprint density at radius 1 is 1.21 bits per heavy atom. The molecular weight excluding hydrogens is 414 g/mol. The van der Waals surface area contributed by atoms with Gasteiger partial charge in [-0.1, -0.05) is 23.3 Å². The Balaban J connectivity index is 1.79. The maximum Gasteiger partial charge on any atom is 0.162 e. The van der Waals surface area contributed by atoms with Crippen molar-refractivity contribution in [1.82, 2.24) is 14.4 Å². The highest BCUT2D eigenvalue weighted by molar-refractivity contribution is 5.88. The Hall–Kier alpha value is -2.12. The van der Waals surface area contributed by atoms with Crippen LogP contribution in [0.25, 0.3) is 10.9 Å². The molecule has 0 radical (unpaired) electrons. The van der Waals surface area contributed by atoms with Gasteiger partial charge in [0.1, 0.15) is 11.9 Å². The van der Waals surface area contributed by atoms with Gasteiger partial charge in [-0.05, 0) is 59.2 Å². The number of aromatic nitrogens is 1. The zero-order chi connectivity index (χ0) is 23.5. The number of ether oxygens (including phenoxy) is 1. The number of rotatable bonds is 4. The minimum atomic E-state index is -1.32. The molecule has 0 amide bonds. The standard InChI is InChI=1S/C27H37N3O3/c1-17(2)10-12-29-22-14-20(33-5)8-9-21(22)24-25(29)23(13-18(3)4)30-15-19-7-6-11-28(19)16-27(30,32)26(24)31/h8-10,13-14,19,23,26,31-32H,6-7,11-12,15-16H2,1-5H3/t19-,23-,26-,27+/m0/s1. The SMILES string of the molecule is COc1ccc2c3c(n(CC=C(C)C)c2c1)[C@H](C=C(C)C)N1C[C@@H]2CCCN2C[C@@]1(O)[C@H]3O. The third kappa shape index (κ3) is 3.55. The summed E-state index contributed by atoms with van der Waals surface area (Å²) in [6, 6.07) is 6.37. The van der Waals surface area contributed by atoms with Crippen molar-refractivity contribution in [3.63, 3.8) is 0 Å². The van der Waals surface area contributed by atoms with E-state index in [1.807, 2.05) is 12.1 Å². The number of allylic oxidation sites excluding steroid dienone is 3. The van der Waals surface area contributed by atoms with Gasteiger partial charge >= 0.3 is 0 Å². The van der Waals surface area contributed by atoms with Gasteiger partial charge in [-0.3, -0.25) is 9.80 Å². The second-order valence-corrected chi connectivity index (χ2v) is 10.5. The normalized spacial score (nSPS) is 29.4. The fraction of sp³-hybridized carbons (Fsp3) is 0.556. The van der Waals surface area contributed by atoms with Crippen molar-refractivity contribution in [2.24, 2.45) is 0 Å². The van der Waals surface area contributed by atoms with Gasteiger partial charge in [-0.2, -0.15) is 0 Å². The molecule has 4 heterocycles. The molecule has 2 aromatic rings. The van der Waals surface area contributed by atoms with Crippen LogP contribution < -0.4 is 4.74 Å². The summed E-state index contributed by atoms with van der Waals surface area (Å²) in [5.74, 6) is 0.793. The van der Waals surface area contributed by atoms with E-state index in [4.69, 9.17) is 4.74 Å². The van der Waals surface area contributed by atoms with Crippen LogP contribution in [0.4, 0.5) is 0 Å². The summed E-state index contributed by atoms with van der Waals surface area (Å²) in [7, 11) is 1.68. The lowest BCUT2D eigenvalue weighted by Crippen LogP contribution is -2.69. The van der Waals surface area contributed by atoms with E-state index in [1.165, 1.54) is 11.1 Å². The van der Waals surface area contributed by atoms with Crippen LogP contribution in [0.5, 0.6) is 5.75 Å². The van der Waals surface area contributed by atoms with Gasteiger partial charge in [-0.15, -0.1) is 0 Å². The Labute approximate surface area is 196 Å². The summed E-state index contributed by atoms with van der Waals surface area (Å²) >= 11 is 0. The molecule has 6 heteroatoms. The van der Waals surface area contributed by atoms with Gasteiger partial charge in [0.15, 0.2) is 5.72 Å². The first-order valence-corrected chi connectivity index (χ1v) is 12.1. The lowest BCUT2D eigenvalue weighted by Gasteiger charge is -2.56. The smallest absolute Gasteiger partial charge is 0.162 e. The first kappa shape index (κ1) is 22.7. The van der Waals surface area contributed by atoms with Crippen molar-refractivity contribution in [1.29, 1.82) is 0 Å².